The Bertz CT molecular complexity index is 545. The number of nitrogens with two attached hydrogens (primary N) is 1. The topological polar surface area (TPSA) is 46.2 Å². The summed E-state index contributed by atoms with van der Waals surface area (Å²) in [5.74, 6) is 0. The molecule has 2 atom stereocenters. The molecule has 0 heterocycles. The summed E-state index contributed by atoms with van der Waals surface area (Å²) in [4.78, 5) is 0. The minimum Gasteiger partial charge on any atom is -0.391 e. The smallest absolute Gasteiger partial charge is 0.0773 e. The minimum absolute atomic E-state index is 0.399. The van der Waals surface area contributed by atoms with Gasteiger partial charge in [-0.05, 0) is 55.1 Å². The Hall–Kier alpha value is -0.680. The van der Waals surface area contributed by atoms with E-state index in [4.69, 9.17) is 5.73 Å². The first-order chi connectivity index (χ1) is 9.08. The zero-order valence-corrected chi connectivity index (χ0v) is 13.4. The van der Waals surface area contributed by atoms with Gasteiger partial charge in [0.1, 0.15) is 0 Å². The molecule has 0 radical (unpaired) electrons. The molecular formula is C15H15Br2NO. The van der Waals surface area contributed by atoms with Crippen LogP contribution in [0.5, 0.6) is 0 Å². The van der Waals surface area contributed by atoms with Gasteiger partial charge in [0.25, 0.3) is 0 Å². The van der Waals surface area contributed by atoms with E-state index < -0.39 is 12.1 Å². The van der Waals surface area contributed by atoms with Gasteiger partial charge in [0.15, 0.2) is 0 Å². The normalized spacial score (nSPS) is 14.1. The molecule has 0 amide bonds. The Balaban J connectivity index is 2.10. The highest BCUT2D eigenvalue weighted by molar-refractivity contribution is 9.13. The molecule has 100 valence electrons. The standard InChI is InChI=1S/C15H15Br2NO/c16-12-7-6-11(9-13(12)17)15(18)14(19)8-10-4-2-1-3-5-10/h1-7,9,14-15,19H,8,18H2/t14-,15+/m0/s1. The quantitative estimate of drug-likeness (QED) is 0.841. The van der Waals surface area contributed by atoms with E-state index in [2.05, 4.69) is 31.9 Å². The van der Waals surface area contributed by atoms with Gasteiger partial charge in [-0.15, -0.1) is 0 Å². The summed E-state index contributed by atoms with van der Waals surface area (Å²) in [6.07, 6.45) is -0.0501. The van der Waals surface area contributed by atoms with Gasteiger partial charge in [0, 0.05) is 15.4 Å². The van der Waals surface area contributed by atoms with E-state index >= 15 is 0 Å². The molecule has 0 aliphatic heterocycles. The summed E-state index contributed by atoms with van der Waals surface area (Å²) in [6.45, 7) is 0. The average molecular weight is 385 g/mol. The Morgan fingerprint density at radius 3 is 2.32 bits per heavy atom. The van der Waals surface area contributed by atoms with E-state index in [1.165, 1.54) is 0 Å². The Morgan fingerprint density at radius 2 is 1.68 bits per heavy atom. The fraction of sp³-hybridized carbons (Fsp3) is 0.200. The predicted octanol–water partition coefficient (Wildman–Crippen LogP) is 3.82. The molecule has 0 aliphatic carbocycles. The van der Waals surface area contributed by atoms with Crippen molar-refractivity contribution >= 4 is 31.9 Å². The first-order valence-electron chi connectivity index (χ1n) is 6.00. The monoisotopic (exact) mass is 383 g/mol. The molecule has 0 spiro atoms. The second-order valence-electron chi connectivity index (χ2n) is 4.46. The molecule has 0 aromatic heterocycles. The maximum atomic E-state index is 10.2. The van der Waals surface area contributed by atoms with Gasteiger partial charge >= 0.3 is 0 Å². The molecule has 0 fully saturated rings. The van der Waals surface area contributed by atoms with E-state index in [1.54, 1.807) is 0 Å². The zero-order valence-electron chi connectivity index (χ0n) is 10.3. The molecule has 3 N–H and O–H groups in total. The van der Waals surface area contributed by atoms with Gasteiger partial charge < -0.3 is 10.8 Å². The van der Waals surface area contributed by atoms with Gasteiger partial charge in [-0.25, -0.2) is 0 Å². The fourth-order valence-corrected chi connectivity index (χ4v) is 2.57. The number of hydrogen-bond acceptors (Lipinski definition) is 2. The molecule has 4 heteroatoms. The van der Waals surface area contributed by atoms with Crippen LogP contribution >= 0.6 is 31.9 Å². The van der Waals surface area contributed by atoms with Crippen molar-refractivity contribution in [3.05, 3.63) is 68.6 Å². The largest absolute Gasteiger partial charge is 0.391 e. The third-order valence-corrected chi connectivity index (χ3v) is 4.91. The molecule has 2 nitrogen and oxygen atoms in total. The van der Waals surface area contributed by atoms with Gasteiger partial charge in [-0.1, -0.05) is 36.4 Å². The van der Waals surface area contributed by atoms with Gasteiger partial charge in [0.2, 0.25) is 0 Å². The van der Waals surface area contributed by atoms with Crippen LogP contribution in [0.25, 0.3) is 0 Å². The first kappa shape index (κ1) is 14.7. The first-order valence-corrected chi connectivity index (χ1v) is 7.59. The lowest BCUT2D eigenvalue weighted by Gasteiger charge is -2.20. The molecule has 2 aromatic rings. The number of benzene rings is 2. The van der Waals surface area contributed by atoms with Gasteiger partial charge in [-0.2, -0.15) is 0 Å². The molecule has 19 heavy (non-hydrogen) atoms. The van der Waals surface area contributed by atoms with Crippen molar-refractivity contribution in [2.75, 3.05) is 0 Å². The van der Waals surface area contributed by atoms with Crippen LogP contribution in [0.2, 0.25) is 0 Å². The van der Waals surface area contributed by atoms with Crippen LogP contribution in [0.15, 0.2) is 57.5 Å². The van der Waals surface area contributed by atoms with Crippen molar-refractivity contribution in [2.45, 2.75) is 18.6 Å². The maximum absolute atomic E-state index is 10.2. The highest BCUT2D eigenvalue weighted by atomic mass is 79.9. The predicted molar refractivity (Wildman–Crippen MR) is 84.9 cm³/mol. The molecule has 0 saturated carbocycles. The van der Waals surface area contributed by atoms with E-state index in [0.717, 1.165) is 20.1 Å². The van der Waals surface area contributed by atoms with Crippen molar-refractivity contribution in [3.8, 4) is 0 Å². The summed E-state index contributed by atoms with van der Waals surface area (Å²) >= 11 is 6.87. The third-order valence-electron chi connectivity index (χ3n) is 3.03. The van der Waals surface area contributed by atoms with Crippen LogP contribution in [-0.2, 0) is 6.42 Å². The molecule has 0 aliphatic rings. The van der Waals surface area contributed by atoms with Crippen molar-refractivity contribution in [1.82, 2.24) is 0 Å². The van der Waals surface area contributed by atoms with Crippen LogP contribution in [0.3, 0.4) is 0 Å². The Morgan fingerprint density at radius 1 is 1.00 bits per heavy atom. The van der Waals surface area contributed by atoms with Crippen molar-refractivity contribution < 1.29 is 5.11 Å². The van der Waals surface area contributed by atoms with E-state index in [9.17, 15) is 5.11 Å². The van der Waals surface area contributed by atoms with Crippen LogP contribution in [0.1, 0.15) is 17.2 Å². The number of rotatable bonds is 4. The molecule has 2 rings (SSSR count). The highest BCUT2D eigenvalue weighted by Crippen LogP contribution is 2.27. The minimum atomic E-state index is -0.601. The van der Waals surface area contributed by atoms with Gasteiger partial charge in [0.05, 0.1) is 12.1 Å². The molecule has 0 bridgehead atoms. The molecule has 2 aromatic carbocycles. The van der Waals surface area contributed by atoms with Crippen molar-refractivity contribution in [2.24, 2.45) is 5.73 Å². The van der Waals surface area contributed by atoms with Crippen molar-refractivity contribution in [3.63, 3.8) is 0 Å². The summed E-state index contributed by atoms with van der Waals surface area (Å²) in [6, 6.07) is 15.3. The van der Waals surface area contributed by atoms with Crippen molar-refractivity contribution in [1.29, 1.82) is 0 Å². The lowest BCUT2D eigenvalue weighted by Crippen LogP contribution is -2.28. The molecular weight excluding hydrogens is 370 g/mol. The fourth-order valence-electron chi connectivity index (χ4n) is 1.92. The Kier molecular flexibility index (Phi) is 5.16. The molecule has 0 unspecified atom stereocenters. The zero-order chi connectivity index (χ0) is 13.8. The van der Waals surface area contributed by atoms with Crippen LogP contribution < -0.4 is 5.73 Å². The van der Waals surface area contributed by atoms with E-state index in [1.807, 2.05) is 48.5 Å². The second kappa shape index (κ2) is 6.66. The summed E-state index contributed by atoms with van der Waals surface area (Å²) in [5.41, 5.74) is 8.12. The van der Waals surface area contributed by atoms with Crippen LogP contribution in [-0.4, -0.2) is 11.2 Å². The second-order valence-corrected chi connectivity index (χ2v) is 6.17. The summed E-state index contributed by atoms with van der Waals surface area (Å²) < 4.78 is 1.91. The number of aliphatic hydroxyl groups excluding tert-OH is 1. The summed E-state index contributed by atoms with van der Waals surface area (Å²) in [5, 5.41) is 10.2. The average Bonchev–Trinajstić information content (AvgIpc) is 2.42. The Labute approximate surface area is 129 Å². The highest BCUT2D eigenvalue weighted by Gasteiger charge is 2.17. The van der Waals surface area contributed by atoms with E-state index in [0.29, 0.717) is 6.42 Å². The lowest BCUT2D eigenvalue weighted by molar-refractivity contribution is 0.145. The van der Waals surface area contributed by atoms with E-state index in [-0.39, 0.29) is 0 Å². The third kappa shape index (κ3) is 3.89. The van der Waals surface area contributed by atoms with Gasteiger partial charge in [-0.3, -0.25) is 0 Å². The van der Waals surface area contributed by atoms with Crippen LogP contribution in [0, 0.1) is 0 Å². The number of aliphatic hydroxyl groups is 1. The number of hydrogen-bond donors (Lipinski definition) is 2. The SMILES string of the molecule is N[C@H](c1ccc(Br)c(Br)c1)[C@@H](O)Cc1ccccc1. The summed E-state index contributed by atoms with van der Waals surface area (Å²) in [7, 11) is 0. The lowest BCUT2D eigenvalue weighted by atomic mass is 9.97. The number of halogens is 2. The maximum Gasteiger partial charge on any atom is 0.0773 e. The van der Waals surface area contributed by atoms with Crippen LogP contribution in [0.4, 0.5) is 0 Å². The molecule has 0 saturated heterocycles.